The normalized spacial score (nSPS) is 15.0. The maximum atomic E-state index is 13.2. The lowest BCUT2D eigenvalue weighted by Gasteiger charge is -2.25. The van der Waals surface area contributed by atoms with Crippen molar-refractivity contribution in [2.24, 2.45) is 5.73 Å². The summed E-state index contributed by atoms with van der Waals surface area (Å²) in [7, 11) is 0. The van der Waals surface area contributed by atoms with Gasteiger partial charge in [-0.2, -0.15) is 5.26 Å². The molecule has 7 nitrogen and oxygen atoms in total. The Hall–Kier alpha value is -3.51. The minimum absolute atomic E-state index is 0.0159. The number of benzene rings is 2. The number of hydrogen-bond donors (Lipinski definition) is 2. The average molecular weight is 499 g/mol. The summed E-state index contributed by atoms with van der Waals surface area (Å²) in [4.78, 5) is 0. The Bertz CT molecular complexity index is 1230. The highest BCUT2D eigenvalue weighted by atomic mass is 79.9. The van der Waals surface area contributed by atoms with Crippen LogP contribution in [0.3, 0.4) is 0 Å². The molecule has 0 fully saturated rings. The standard InChI is InChI=1S/C23H20BrFN4O3/c1-3-30-18-9-14(8-17(24)21(18)31-11-13-4-6-15(25)7-5-13)20-16(10-26)22(27)32-23-19(20)12(2)28-29-23/h4-9,20H,3,11,27H2,1-2H3,(H,28,29). The third-order valence-corrected chi connectivity index (χ3v) is 5.68. The van der Waals surface area contributed by atoms with E-state index in [1.807, 2.05) is 26.0 Å². The van der Waals surface area contributed by atoms with E-state index < -0.39 is 5.92 Å². The van der Waals surface area contributed by atoms with Crippen LogP contribution in [0.4, 0.5) is 4.39 Å². The molecule has 0 radical (unpaired) electrons. The highest BCUT2D eigenvalue weighted by Crippen LogP contribution is 2.46. The van der Waals surface area contributed by atoms with Crippen molar-refractivity contribution in [2.75, 3.05) is 6.61 Å². The average Bonchev–Trinajstić information content (AvgIpc) is 3.13. The minimum Gasteiger partial charge on any atom is -0.490 e. The predicted octanol–water partition coefficient (Wildman–Crippen LogP) is 4.82. The second-order valence-corrected chi connectivity index (χ2v) is 8.02. The number of allylic oxidation sites excluding steroid dienone is 1. The second kappa shape index (κ2) is 8.93. The fraction of sp³-hybridized carbons (Fsp3) is 0.217. The molecular weight excluding hydrogens is 479 g/mol. The van der Waals surface area contributed by atoms with Crippen LogP contribution < -0.4 is 19.9 Å². The molecule has 3 aromatic rings. The topological polar surface area (TPSA) is 106 Å². The number of nitriles is 1. The van der Waals surface area contributed by atoms with Crippen molar-refractivity contribution < 1.29 is 18.6 Å². The van der Waals surface area contributed by atoms with Gasteiger partial charge in [0.2, 0.25) is 11.8 Å². The highest BCUT2D eigenvalue weighted by Gasteiger charge is 2.35. The zero-order valence-corrected chi connectivity index (χ0v) is 19.0. The van der Waals surface area contributed by atoms with Crippen molar-refractivity contribution in [1.29, 1.82) is 5.26 Å². The van der Waals surface area contributed by atoms with E-state index in [1.54, 1.807) is 12.1 Å². The molecule has 0 amide bonds. The number of nitrogens with zero attached hydrogens (tertiary/aromatic N) is 2. The Kier molecular flexibility index (Phi) is 6.06. The molecule has 1 unspecified atom stereocenters. The molecular formula is C23H20BrFN4O3. The molecule has 0 saturated heterocycles. The van der Waals surface area contributed by atoms with E-state index in [4.69, 9.17) is 19.9 Å². The van der Waals surface area contributed by atoms with Gasteiger partial charge in [-0.1, -0.05) is 12.1 Å². The highest BCUT2D eigenvalue weighted by molar-refractivity contribution is 9.10. The van der Waals surface area contributed by atoms with Gasteiger partial charge < -0.3 is 19.9 Å². The molecule has 1 atom stereocenters. The van der Waals surface area contributed by atoms with Gasteiger partial charge in [0.1, 0.15) is 24.1 Å². The maximum Gasteiger partial charge on any atom is 0.244 e. The Morgan fingerprint density at radius 2 is 2.03 bits per heavy atom. The molecule has 2 heterocycles. The molecule has 32 heavy (non-hydrogen) atoms. The fourth-order valence-corrected chi connectivity index (χ4v) is 4.20. The summed E-state index contributed by atoms with van der Waals surface area (Å²) >= 11 is 3.58. The summed E-state index contributed by atoms with van der Waals surface area (Å²) in [6, 6.07) is 11.9. The zero-order valence-electron chi connectivity index (χ0n) is 17.4. The predicted molar refractivity (Wildman–Crippen MR) is 119 cm³/mol. The van der Waals surface area contributed by atoms with Crippen LogP contribution >= 0.6 is 15.9 Å². The summed E-state index contributed by atoms with van der Waals surface area (Å²) in [5.74, 6) is 0.581. The van der Waals surface area contributed by atoms with Gasteiger partial charge in [-0.15, -0.1) is 5.10 Å². The number of rotatable bonds is 6. The van der Waals surface area contributed by atoms with E-state index in [-0.39, 0.29) is 23.9 Å². The molecule has 164 valence electrons. The lowest BCUT2D eigenvalue weighted by Crippen LogP contribution is -2.21. The van der Waals surface area contributed by atoms with Crippen molar-refractivity contribution in [3.63, 3.8) is 0 Å². The van der Waals surface area contributed by atoms with Gasteiger partial charge in [-0.3, -0.25) is 5.10 Å². The third-order valence-electron chi connectivity index (χ3n) is 5.09. The van der Waals surface area contributed by atoms with Crippen molar-refractivity contribution >= 4 is 15.9 Å². The van der Waals surface area contributed by atoms with Crippen LogP contribution in [0.15, 0.2) is 52.3 Å². The van der Waals surface area contributed by atoms with Gasteiger partial charge in [0, 0.05) is 11.3 Å². The summed E-state index contributed by atoms with van der Waals surface area (Å²) in [5.41, 5.74) is 9.40. The molecule has 1 aliphatic heterocycles. The van der Waals surface area contributed by atoms with Crippen molar-refractivity contribution in [3.05, 3.63) is 80.5 Å². The van der Waals surface area contributed by atoms with Crippen molar-refractivity contribution in [2.45, 2.75) is 26.4 Å². The molecule has 1 aliphatic rings. The van der Waals surface area contributed by atoms with Crippen molar-refractivity contribution in [3.8, 4) is 23.4 Å². The van der Waals surface area contributed by atoms with E-state index in [0.29, 0.717) is 28.5 Å². The number of hydrogen-bond acceptors (Lipinski definition) is 6. The number of H-pyrrole nitrogens is 1. The summed E-state index contributed by atoms with van der Waals surface area (Å²) in [5, 5.41) is 16.8. The molecule has 0 aliphatic carbocycles. The smallest absolute Gasteiger partial charge is 0.244 e. The van der Waals surface area contributed by atoms with Gasteiger partial charge in [0.05, 0.1) is 17.0 Å². The van der Waals surface area contributed by atoms with Gasteiger partial charge in [-0.05, 0) is 65.2 Å². The molecule has 2 aromatic carbocycles. The number of fused-ring (bicyclic) bond motifs is 1. The van der Waals surface area contributed by atoms with Crippen LogP contribution in [-0.2, 0) is 6.61 Å². The van der Waals surface area contributed by atoms with E-state index in [1.165, 1.54) is 12.1 Å². The first kappa shape index (κ1) is 21.7. The number of aryl methyl sites for hydroxylation is 1. The van der Waals surface area contributed by atoms with Crippen LogP contribution in [0.1, 0.15) is 35.2 Å². The van der Waals surface area contributed by atoms with Gasteiger partial charge in [0.15, 0.2) is 11.5 Å². The number of nitrogens with two attached hydrogens (primary N) is 1. The lowest BCUT2D eigenvalue weighted by molar-refractivity contribution is 0.267. The minimum atomic E-state index is -0.482. The number of halogens is 2. The van der Waals surface area contributed by atoms with Crippen LogP contribution in [-0.4, -0.2) is 16.8 Å². The molecule has 3 N–H and O–H groups in total. The maximum absolute atomic E-state index is 13.2. The summed E-state index contributed by atoms with van der Waals surface area (Å²) < 4.78 is 31.2. The van der Waals surface area contributed by atoms with Crippen LogP contribution in [0.25, 0.3) is 0 Å². The number of ether oxygens (including phenoxy) is 3. The Morgan fingerprint density at radius 3 is 2.72 bits per heavy atom. The molecule has 4 rings (SSSR count). The molecule has 9 heteroatoms. The first-order valence-corrected chi connectivity index (χ1v) is 10.7. The van der Waals surface area contributed by atoms with Crippen LogP contribution in [0.2, 0.25) is 0 Å². The fourth-order valence-electron chi connectivity index (χ4n) is 3.63. The first-order chi connectivity index (χ1) is 15.4. The Morgan fingerprint density at radius 1 is 1.28 bits per heavy atom. The van der Waals surface area contributed by atoms with E-state index in [2.05, 4.69) is 32.2 Å². The molecule has 0 spiro atoms. The van der Waals surface area contributed by atoms with E-state index >= 15 is 0 Å². The number of aromatic nitrogens is 2. The van der Waals surface area contributed by atoms with Gasteiger partial charge in [0.25, 0.3) is 0 Å². The largest absolute Gasteiger partial charge is 0.490 e. The Balaban J connectivity index is 1.75. The van der Waals surface area contributed by atoms with Crippen LogP contribution in [0.5, 0.6) is 17.4 Å². The molecule has 0 saturated carbocycles. The monoisotopic (exact) mass is 498 g/mol. The quantitative estimate of drug-likeness (QED) is 0.504. The van der Waals surface area contributed by atoms with Gasteiger partial charge >= 0.3 is 0 Å². The second-order valence-electron chi connectivity index (χ2n) is 7.17. The van der Waals surface area contributed by atoms with Gasteiger partial charge in [-0.25, -0.2) is 4.39 Å². The first-order valence-electron chi connectivity index (χ1n) is 9.88. The van der Waals surface area contributed by atoms with Crippen LogP contribution in [0, 0.1) is 24.1 Å². The number of nitrogens with one attached hydrogen (secondary N) is 1. The van der Waals surface area contributed by atoms with E-state index in [0.717, 1.165) is 22.4 Å². The van der Waals surface area contributed by atoms with Crippen molar-refractivity contribution in [1.82, 2.24) is 10.2 Å². The number of aromatic amines is 1. The SMILES string of the molecule is CCOc1cc(C2C(C#N)=C(N)Oc3n[nH]c(C)c32)cc(Br)c1OCc1ccc(F)cc1. The summed E-state index contributed by atoms with van der Waals surface area (Å²) in [6.45, 7) is 4.37. The Labute approximate surface area is 192 Å². The zero-order chi connectivity index (χ0) is 22.8. The molecule has 1 aromatic heterocycles. The van der Waals surface area contributed by atoms with E-state index in [9.17, 15) is 9.65 Å². The third kappa shape index (κ3) is 4.01. The lowest BCUT2D eigenvalue weighted by atomic mass is 9.84. The molecule has 0 bridgehead atoms. The summed E-state index contributed by atoms with van der Waals surface area (Å²) in [6.07, 6.45) is 0.